The van der Waals surface area contributed by atoms with Crippen LogP contribution < -0.4 is 9.47 Å². The first kappa shape index (κ1) is 14.7. The minimum absolute atomic E-state index is 0.0578. The van der Waals surface area contributed by atoms with Crippen LogP contribution in [0.5, 0.6) is 11.5 Å². The predicted molar refractivity (Wildman–Crippen MR) is 78.1 cm³/mol. The molecule has 20 heavy (non-hydrogen) atoms. The van der Waals surface area contributed by atoms with Crippen molar-refractivity contribution in [2.75, 3.05) is 20.2 Å². The van der Waals surface area contributed by atoms with Crippen LogP contribution in [-0.4, -0.2) is 37.1 Å². The topological polar surface area (TPSA) is 38.8 Å². The molecule has 0 unspecified atom stereocenters. The van der Waals surface area contributed by atoms with Gasteiger partial charge in [-0.15, -0.1) is 0 Å². The molecule has 1 fully saturated rings. The van der Waals surface area contributed by atoms with Crippen molar-refractivity contribution in [3.8, 4) is 11.5 Å². The van der Waals surface area contributed by atoms with E-state index >= 15 is 0 Å². The summed E-state index contributed by atoms with van der Waals surface area (Å²) in [6.07, 6.45) is 1.79. The van der Waals surface area contributed by atoms with E-state index in [0.717, 1.165) is 19.5 Å². The molecule has 1 amide bonds. The Bertz CT molecular complexity index is 461. The van der Waals surface area contributed by atoms with E-state index in [2.05, 4.69) is 6.92 Å². The Morgan fingerprint density at radius 3 is 2.70 bits per heavy atom. The van der Waals surface area contributed by atoms with Crippen molar-refractivity contribution in [1.29, 1.82) is 0 Å². The first-order chi connectivity index (χ1) is 9.61. The summed E-state index contributed by atoms with van der Waals surface area (Å²) in [7, 11) is 1.60. The number of hydrogen-bond acceptors (Lipinski definition) is 3. The smallest absolute Gasteiger partial charge is 0.263 e. The van der Waals surface area contributed by atoms with Crippen molar-refractivity contribution < 1.29 is 14.3 Å². The van der Waals surface area contributed by atoms with Crippen molar-refractivity contribution in [2.45, 2.75) is 32.8 Å². The molecule has 110 valence electrons. The minimum Gasteiger partial charge on any atom is -0.493 e. The highest BCUT2D eigenvalue weighted by molar-refractivity contribution is 5.81. The zero-order chi connectivity index (χ0) is 14.5. The molecule has 1 aliphatic rings. The van der Waals surface area contributed by atoms with Crippen LogP contribution in [0, 0.1) is 5.92 Å². The quantitative estimate of drug-likeness (QED) is 0.849. The van der Waals surface area contributed by atoms with E-state index in [1.54, 1.807) is 14.0 Å². The molecule has 0 bridgehead atoms. The van der Waals surface area contributed by atoms with Gasteiger partial charge >= 0.3 is 0 Å². The zero-order valence-corrected chi connectivity index (χ0v) is 12.5. The molecule has 1 aliphatic heterocycles. The number of carbonyl (C=O) groups excluding carboxylic acids is 1. The summed E-state index contributed by atoms with van der Waals surface area (Å²) in [6, 6.07) is 7.40. The fourth-order valence-corrected chi connectivity index (χ4v) is 2.60. The summed E-state index contributed by atoms with van der Waals surface area (Å²) in [4.78, 5) is 14.3. The van der Waals surface area contributed by atoms with Gasteiger partial charge in [-0.2, -0.15) is 0 Å². The molecule has 1 aromatic rings. The van der Waals surface area contributed by atoms with Gasteiger partial charge in [0.05, 0.1) is 7.11 Å². The predicted octanol–water partition coefficient (Wildman–Crippen LogP) is 2.72. The van der Waals surface area contributed by atoms with Crippen LogP contribution in [0.1, 0.15) is 26.7 Å². The average Bonchev–Trinajstić information content (AvgIpc) is 2.47. The molecule has 2 atom stereocenters. The maximum absolute atomic E-state index is 12.4. The lowest BCUT2D eigenvalue weighted by Crippen LogP contribution is -2.45. The molecular weight excluding hydrogens is 254 g/mol. The molecular formula is C16H23NO3. The lowest BCUT2D eigenvalue weighted by molar-refractivity contribution is -0.139. The van der Waals surface area contributed by atoms with Crippen LogP contribution in [-0.2, 0) is 4.79 Å². The maximum Gasteiger partial charge on any atom is 0.263 e. The molecule has 2 rings (SSSR count). The maximum atomic E-state index is 12.4. The number of para-hydroxylation sites is 2. The fraction of sp³-hybridized carbons (Fsp3) is 0.562. The van der Waals surface area contributed by atoms with Crippen LogP contribution >= 0.6 is 0 Å². The largest absolute Gasteiger partial charge is 0.493 e. The van der Waals surface area contributed by atoms with Crippen LogP contribution in [0.15, 0.2) is 24.3 Å². The van der Waals surface area contributed by atoms with Crippen LogP contribution in [0.4, 0.5) is 0 Å². The summed E-state index contributed by atoms with van der Waals surface area (Å²) in [5.41, 5.74) is 0. The Hall–Kier alpha value is -1.71. The average molecular weight is 277 g/mol. The van der Waals surface area contributed by atoms with Crippen LogP contribution in [0.3, 0.4) is 0 Å². The van der Waals surface area contributed by atoms with E-state index in [-0.39, 0.29) is 5.91 Å². The van der Waals surface area contributed by atoms with Crippen LogP contribution in [0.25, 0.3) is 0 Å². The second kappa shape index (κ2) is 6.64. The first-order valence-electron chi connectivity index (χ1n) is 7.20. The number of hydrogen-bond donors (Lipinski definition) is 0. The number of piperidine rings is 1. The summed E-state index contributed by atoms with van der Waals surface area (Å²) in [6.45, 7) is 5.65. The van der Waals surface area contributed by atoms with E-state index in [1.165, 1.54) is 6.42 Å². The summed E-state index contributed by atoms with van der Waals surface area (Å²) < 4.78 is 11.0. The number of methoxy groups -OCH3 is 1. The van der Waals surface area contributed by atoms with E-state index in [4.69, 9.17) is 9.47 Å². The second-order valence-electron chi connectivity index (χ2n) is 5.44. The molecule has 4 nitrogen and oxygen atoms in total. The number of nitrogens with zero attached hydrogens (tertiary/aromatic N) is 1. The molecule has 1 saturated heterocycles. The Morgan fingerprint density at radius 1 is 1.35 bits per heavy atom. The van der Waals surface area contributed by atoms with Crippen molar-refractivity contribution in [2.24, 2.45) is 5.92 Å². The Balaban J connectivity index is 2.00. The van der Waals surface area contributed by atoms with Gasteiger partial charge in [0.2, 0.25) is 0 Å². The van der Waals surface area contributed by atoms with Crippen LogP contribution in [0.2, 0.25) is 0 Å². The van der Waals surface area contributed by atoms with Crippen molar-refractivity contribution in [3.05, 3.63) is 24.3 Å². The minimum atomic E-state index is -0.489. The molecule has 1 heterocycles. The number of carbonyl (C=O) groups is 1. The van der Waals surface area contributed by atoms with Crippen molar-refractivity contribution in [3.63, 3.8) is 0 Å². The Kier molecular flexibility index (Phi) is 4.88. The summed E-state index contributed by atoms with van der Waals surface area (Å²) >= 11 is 0. The Morgan fingerprint density at radius 2 is 2.05 bits per heavy atom. The summed E-state index contributed by atoms with van der Waals surface area (Å²) in [5.74, 6) is 1.90. The molecule has 0 radical (unpaired) electrons. The van der Waals surface area contributed by atoms with Crippen molar-refractivity contribution >= 4 is 5.91 Å². The lowest BCUT2D eigenvalue weighted by Gasteiger charge is -2.32. The molecule has 0 aromatic heterocycles. The third-order valence-electron chi connectivity index (χ3n) is 3.69. The van der Waals surface area contributed by atoms with E-state index in [1.807, 2.05) is 29.2 Å². The normalized spacial score (nSPS) is 20.4. The SMILES string of the molecule is COc1ccccc1O[C@H](C)C(=O)N1CCC[C@@H](C)C1. The van der Waals surface area contributed by atoms with Gasteiger partial charge in [0, 0.05) is 13.1 Å². The molecule has 0 saturated carbocycles. The summed E-state index contributed by atoms with van der Waals surface area (Å²) in [5, 5.41) is 0. The second-order valence-corrected chi connectivity index (χ2v) is 5.44. The Labute approximate surface area is 120 Å². The third-order valence-corrected chi connectivity index (χ3v) is 3.69. The van der Waals surface area contributed by atoms with Gasteiger partial charge in [-0.25, -0.2) is 0 Å². The molecule has 0 N–H and O–H groups in total. The molecule has 1 aromatic carbocycles. The number of ether oxygens (including phenoxy) is 2. The molecule has 4 heteroatoms. The first-order valence-corrected chi connectivity index (χ1v) is 7.20. The zero-order valence-electron chi connectivity index (χ0n) is 12.5. The highest BCUT2D eigenvalue weighted by Crippen LogP contribution is 2.27. The lowest BCUT2D eigenvalue weighted by atomic mass is 10.00. The molecule has 0 spiro atoms. The van der Waals surface area contributed by atoms with E-state index < -0.39 is 6.10 Å². The fourth-order valence-electron chi connectivity index (χ4n) is 2.60. The number of likely N-dealkylation sites (tertiary alicyclic amines) is 1. The van der Waals surface area contributed by atoms with Crippen molar-refractivity contribution in [1.82, 2.24) is 4.90 Å². The highest BCUT2D eigenvalue weighted by Gasteiger charge is 2.26. The number of rotatable bonds is 4. The van der Waals surface area contributed by atoms with Gasteiger partial charge in [0.15, 0.2) is 17.6 Å². The van der Waals surface area contributed by atoms with E-state index in [0.29, 0.717) is 17.4 Å². The standard InChI is InChI=1S/C16H23NO3/c1-12-7-6-10-17(11-12)16(18)13(2)20-15-9-5-4-8-14(15)19-3/h4-5,8-9,12-13H,6-7,10-11H2,1-3H3/t12-,13-/m1/s1. The van der Waals surface area contributed by atoms with Gasteiger partial charge in [-0.1, -0.05) is 19.1 Å². The van der Waals surface area contributed by atoms with Gasteiger partial charge in [-0.3, -0.25) is 4.79 Å². The number of amides is 1. The molecule has 0 aliphatic carbocycles. The van der Waals surface area contributed by atoms with Gasteiger partial charge in [-0.05, 0) is 37.8 Å². The van der Waals surface area contributed by atoms with E-state index in [9.17, 15) is 4.79 Å². The third kappa shape index (κ3) is 3.44. The number of benzene rings is 1. The van der Waals surface area contributed by atoms with Gasteiger partial charge < -0.3 is 14.4 Å². The van der Waals surface area contributed by atoms with Gasteiger partial charge in [0.1, 0.15) is 0 Å². The highest BCUT2D eigenvalue weighted by atomic mass is 16.5. The monoisotopic (exact) mass is 277 g/mol. The van der Waals surface area contributed by atoms with Gasteiger partial charge in [0.25, 0.3) is 5.91 Å².